The van der Waals surface area contributed by atoms with Gasteiger partial charge in [0, 0.05) is 40.3 Å². The lowest BCUT2D eigenvalue weighted by Crippen LogP contribution is -2.25. The molecule has 0 unspecified atom stereocenters. The molecular formula is C34H32N2O4. The second kappa shape index (κ2) is 13.3. The summed E-state index contributed by atoms with van der Waals surface area (Å²) >= 11 is 0. The minimum absolute atomic E-state index is 0.0200. The normalized spacial score (nSPS) is 10.8. The Morgan fingerprint density at radius 2 is 1.38 bits per heavy atom. The van der Waals surface area contributed by atoms with Crippen molar-refractivity contribution in [2.45, 2.75) is 19.3 Å². The first-order valence-electron chi connectivity index (χ1n) is 13.6. The molecule has 0 aliphatic carbocycles. The lowest BCUT2D eigenvalue weighted by atomic mass is 10.0. The van der Waals surface area contributed by atoms with Crippen LogP contribution in [0.2, 0.25) is 0 Å². The van der Waals surface area contributed by atoms with E-state index in [1.165, 1.54) is 10.9 Å². The Labute approximate surface area is 234 Å². The van der Waals surface area contributed by atoms with Gasteiger partial charge in [-0.2, -0.15) is 0 Å². The number of unbranched alkanes of at least 4 members (excludes halogenated alkanes) is 1. The number of carbonyl (C=O) groups excluding carboxylic acids is 2. The monoisotopic (exact) mass is 532 g/mol. The molecule has 5 rings (SSSR count). The van der Waals surface area contributed by atoms with Crippen LogP contribution in [0.3, 0.4) is 0 Å². The summed E-state index contributed by atoms with van der Waals surface area (Å²) in [5.41, 5.74) is 4.17. The number of aromatic nitrogens is 1. The number of rotatable bonds is 13. The molecule has 5 aromatic rings. The van der Waals surface area contributed by atoms with E-state index in [2.05, 4.69) is 16.4 Å². The van der Waals surface area contributed by atoms with Gasteiger partial charge in [0.05, 0.1) is 13.2 Å². The average Bonchev–Trinajstić information content (AvgIpc) is 3.42. The van der Waals surface area contributed by atoms with Gasteiger partial charge < -0.3 is 19.8 Å². The fourth-order valence-electron chi connectivity index (χ4n) is 4.52. The van der Waals surface area contributed by atoms with E-state index >= 15 is 0 Å². The summed E-state index contributed by atoms with van der Waals surface area (Å²) in [6, 6.07) is 31.9. The second-order valence-corrected chi connectivity index (χ2v) is 9.52. The zero-order valence-corrected chi connectivity index (χ0v) is 22.3. The molecule has 6 nitrogen and oxygen atoms in total. The highest BCUT2D eigenvalue weighted by Crippen LogP contribution is 2.19. The van der Waals surface area contributed by atoms with Crippen LogP contribution in [0.1, 0.15) is 44.7 Å². The van der Waals surface area contributed by atoms with Crippen LogP contribution in [0.25, 0.3) is 10.9 Å². The summed E-state index contributed by atoms with van der Waals surface area (Å²) < 4.78 is 11.7. The first-order valence-corrected chi connectivity index (χ1v) is 13.6. The lowest BCUT2D eigenvalue weighted by molar-refractivity contribution is 0.0953. The van der Waals surface area contributed by atoms with Gasteiger partial charge in [0.2, 0.25) is 0 Å². The molecule has 0 saturated carbocycles. The maximum absolute atomic E-state index is 12.6. The molecule has 1 aromatic heterocycles. The van der Waals surface area contributed by atoms with Crippen LogP contribution in [0.15, 0.2) is 109 Å². The molecule has 0 saturated heterocycles. The smallest absolute Gasteiger partial charge is 0.251 e. The highest BCUT2D eigenvalue weighted by molar-refractivity contribution is 6.09. The van der Waals surface area contributed by atoms with Gasteiger partial charge in [0.25, 0.3) is 5.91 Å². The number of benzene rings is 4. The van der Waals surface area contributed by atoms with Crippen LogP contribution in [0, 0.1) is 0 Å². The molecule has 0 fully saturated rings. The van der Waals surface area contributed by atoms with Crippen LogP contribution in [-0.2, 0) is 6.42 Å². The molecule has 0 aliphatic heterocycles. The number of nitrogens with one attached hydrogen (secondary N) is 2. The van der Waals surface area contributed by atoms with Crippen molar-refractivity contribution < 1.29 is 19.1 Å². The van der Waals surface area contributed by atoms with Crippen LogP contribution in [0.5, 0.6) is 11.5 Å². The highest BCUT2D eigenvalue weighted by atomic mass is 16.5. The predicted octanol–water partition coefficient (Wildman–Crippen LogP) is 6.61. The van der Waals surface area contributed by atoms with Crippen molar-refractivity contribution in [3.63, 3.8) is 0 Å². The number of fused-ring (bicyclic) bond motifs is 1. The largest absolute Gasteiger partial charge is 0.494 e. The van der Waals surface area contributed by atoms with Crippen molar-refractivity contribution >= 4 is 22.6 Å². The third kappa shape index (κ3) is 6.97. The zero-order chi connectivity index (χ0) is 27.6. The molecule has 0 aliphatic rings. The summed E-state index contributed by atoms with van der Waals surface area (Å²) in [7, 11) is 0. The molecule has 0 atom stereocenters. The Morgan fingerprint density at radius 3 is 2.17 bits per heavy atom. The van der Waals surface area contributed by atoms with Gasteiger partial charge in [0.15, 0.2) is 5.78 Å². The Balaban J connectivity index is 0.991. The predicted molar refractivity (Wildman–Crippen MR) is 157 cm³/mol. The third-order valence-electron chi connectivity index (χ3n) is 6.68. The fraction of sp³-hybridized carbons (Fsp3) is 0.176. The molecular weight excluding hydrogens is 500 g/mol. The second-order valence-electron chi connectivity index (χ2n) is 9.52. The number of hydrogen-bond acceptors (Lipinski definition) is 4. The molecule has 0 bridgehead atoms. The van der Waals surface area contributed by atoms with Crippen LogP contribution < -0.4 is 14.8 Å². The van der Waals surface area contributed by atoms with Crippen molar-refractivity contribution in [1.29, 1.82) is 0 Å². The quantitative estimate of drug-likeness (QED) is 0.132. The maximum atomic E-state index is 12.6. The van der Waals surface area contributed by atoms with Gasteiger partial charge >= 0.3 is 0 Å². The summed E-state index contributed by atoms with van der Waals surface area (Å²) in [4.78, 5) is 28.4. The number of carbonyl (C=O) groups is 2. The average molecular weight is 533 g/mol. The van der Waals surface area contributed by atoms with E-state index in [0.717, 1.165) is 30.5 Å². The van der Waals surface area contributed by atoms with Crippen LogP contribution in [0.4, 0.5) is 0 Å². The topological polar surface area (TPSA) is 80.4 Å². The van der Waals surface area contributed by atoms with Gasteiger partial charge in [0.1, 0.15) is 11.5 Å². The third-order valence-corrected chi connectivity index (χ3v) is 6.68. The minimum Gasteiger partial charge on any atom is -0.494 e. The number of H-pyrrole nitrogens is 1. The van der Waals surface area contributed by atoms with E-state index in [4.69, 9.17) is 9.47 Å². The molecule has 4 aromatic carbocycles. The van der Waals surface area contributed by atoms with Crippen molar-refractivity contribution in [2.24, 2.45) is 0 Å². The Bertz CT molecular complexity index is 1560. The Hall–Kier alpha value is -4.84. The minimum atomic E-state index is -0.0990. The van der Waals surface area contributed by atoms with E-state index in [0.29, 0.717) is 42.2 Å². The SMILES string of the molecule is O=C(NCCc1c[nH]c2ccccc12)c1ccc(OCCCCOc2cccc(C(=O)c3ccccc3)c2)cc1. The Morgan fingerprint density at radius 1 is 0.675 bits per heavy atom. The number of ether oxygens (including phenoxy) is 2. The molecule has 6 heteroatoms. The van der Waals surface area contributed by atoms with Crippen molar-refractivity contribution in [1.82, 2.24) is 10.3 Å². The van der Waals surface area contributed by atoms with Gasteiger partial charge in [-0.05, 0) is 67.3 Å². The zero-order valence-electron chi connectivity index (χ0n) is 22.3. The van der Waals surface area contributed by atoms with Crippen molar-refractivity contribution in [3.05, 3.63) is 132 Å². The molecule has 1 amide bonds. The molecule has 2 N–H and O–H groups in total. The number of amides is 1. The van der Waals surface area contributed by atoms with Crippen LogP contribution in [-0.4, -0.2) is 36.4 Å². The fourth-order valence-corrected chi connectivity index (χ4v) is 4.52. The molecule has 40 heavy (non-hydrogen) atoms. The van der Waals surface area contributed by atoms with Crippen molar-refractivity contribution in [3.8, 4) is 11.5 Å². The standard InChI is InChI=1S/C34H32N2O4/c37-33(25-9-2-1-3-10-25)27-11-8-12-30(23-27)40-22-7-6-21-39-29-17-15-26(16-18-29)34(38)35-20-19-28-24-36-32-14-5-4-13-31(28)32/h1-5,8-18,23-24,36H,6-7,19-22H2,(H,35,38). The number of ketones is 1. The number of hydrogen-bond donors (Lipinski definition) is 2. The number of aromatic amines is 1. The van der Waals surface area contributed by atoms with E-state index in [9.17, 15) is 9.59 Å². The van der Waals surface area contributed by atoms with E-state index in [-0.39, 0.29) is 11.7 Å². The van der Waals surface area contributed by atoms with E-state index in [1.807, 2.05) is 79.0 Å². The number of para-hydroxylation sites is 1. The van der Waals surface area contributed by atoms with E-state index in [1.54, 1.807) is 24.3 Å². The molecule has 202 valence electrons. The first-order chi connectivity index (χ1) is 19.7. The van der Waals surface area contributed by atoms with E-state index < -0.39 is 0 Å². The molecule has 1 heterocycles. The summed E-state index contributed by atoms with van der Waals surface area (Å²) in [5, 5.41) is 4.18. The summed E-state index contributed by atoms with van der Waals surface area (Å²) in [5.74, 6) is 1.29. The Kier molecular flexibility index (Phi) is 8.89. The summed E-state index contributed by atoms with van der Waals surface area (Å²) in [6.45, 7) is 1.64. The van der Waals surface area contributed by atoms with Gasteiger partial charge in [-0.1, -0.05) is 60.7 Å². The van der Waals surface area contributed by atoms with Crippen molar-refractivity contribution in [2.75, 3.05) is 19.8 Å². The highest BCUT2D eigenvalue weighted by Gasteiger charge is 2.10. The summed E-state index contributed by atoms with van der Waals surface area (Å²) in [6.07, 6.45) is 4.40. The molecule has 0 radical (unpaired) electrons. The van der Waals surface area contributed by atoms with Gasteiger partial charge in [-0.15, -0.1) is 0 Å². The van der Waals surface area contributed by atoms with Crippen LogP contribution >= 0.6 is 0 Å². The van der Waals surface area contributed by atoms with Gasteiger partial charge in [-0.25, -0.2) is 0 Å². The maximum Gasteiger partial charge on any atom is 0.251 e. The van der Waals surface area contributed by atoms with Gasteiger partial charge in [-0.3, -0.25) is 9.59 Å². The molecule has 0 spiro atoms. The lowest BCUT2D eigenvalue weighted by Gasteiger charge is -2.10. The first kappa shape index (κ1) is 26.8.